The normalized spacial score (nSPS) is 30.2. The van der Waals surface area contributed by atoms with Crippen LogP contribution in [-0.2, 0) is 0 Å². The quantitative estimate of drug-likeness (QED) is 0.765. The summed E-state index contributed by atoms with van der Waals surface area (Å²) in [5, 5.41) is 0. The van der Waals surface area contributed by atoms with Gasteiger partial charge in [0.1, 0.15) is 0 Å². The van der Waals surface area contributed by atoms with Gasteiger partial charge in [-0.25, -0.2) is 0 Å². The molecule has 5 rings (SSSR count). The van der Waals surface area contributed by atoms with E-state index < -0.39 is 0 Å². The molecule has 3 heterocycles. The second kappa shape index (κ2) is 6.49. The fourth-order valence-electron chi connectivity index (χ4n) is 5.87. The van der Waals surface area contributed by atoms with Crippen LogP contribution < -0.4 is 4.90 Å². The van der Waals surface area contributed by atoms with Gasteiger partial charge >= 0.3 is 0 Å². The van der Waals surface area contributed by atoms with E-state index in [1.54, 1.807) is 5.56 Å². The number of benzene rings is 1. The number of rotatable bonds is 2. The van der Waals surface area contributed by atoms with E-state index in [2.05, 4.69) is 72.2 Å². The standard InChI is InChI=1S/C24H29N3/c1-16-7-8-23-20(13-16)21-15-26(3)22-6-4-5-19(22)24(21)27(23)14-17(2)18-9-11-25-12-10-18/h7-14,19,21-22,24H,4-6,15H2,1-3H3. The number of piperidine rings is 1. The molecule has 0 amide bonds. The summed E-state index contributed by atoms with van der Waals surface area (Å²) in [6, 6.07) is 12.6. The van der Waals surface area contributed by atoms with Crippen LogP contribution in [0.2, 0.25) is 0 Å². The highest BCUT2D eigenvalue weighted by Crippen LogP contribution is 2.52. The molecule has 4 unspecified atom stereocenters. The Bertz CT molecular complexity index is 872. The van der Waals surface area contributed by atoms with Gasteiger partial charge in [-0.15, -0.1) is 0 Å². The van der Waals surface area contributed by atoms with Crippen molar-refractivity contribution in [3.8, 4) is 0 Å². The molecule has 0 spiro atoms. The number of aromatic nitrogens is 1. The number of hydrogen-bond donors (Lipinski definition) is 0. The Kier molecular flexibility index (Phi) is 4.08. The average molecular weight is 360 g/mol. The molecule has 1 aromatic heterocycles. The minimum absolute atomic E-state index is 0.599. The highest BCUT2D eigenvalue weighted by atomic mass is 15.3. The molecule has 1 saturated heterocycles. The van der Waals surface area contributed by atoms with Crippen molar-refractivity contribution in [1.82, 2.24) is 9.88 Å². The topological polar surface area (TPSA) is 19.4 Å². The molecule has 140 valence electrons. The first-order valence-electron chi connectivity index (χ1n) is 10.3. The van der Waals surface area contributed by atoms with Crippen LogP contribution in [0, 0.1) is 12.8 Å². The average Bonchev–Trinajstić information content (AvgIpc) is 3.27. The third-order valence-electron chi connectivity index (χ3n) is 7.08. The number of fused-ring (bicyclic) bond motifs is 5. The maximum atomic E-state index is 4.18. The Morgan fingerprint density at radius 1 is 1.15 bits per heavy atom. The van der Waals surface area contributed by atoms with E-state index >= 15 is 0 Å². The molecule has 1 saturated carbocycles. The molecule has 27 heavy (non-hydrogen) atoms. The van der Waals surface area contributed by atoms with Crippen LogP contribution in [-0.4, -0.2) is 35.6 Å². The molecule has 4 atom stereocenters. The minimum atomic E-state index is 0.599. The van der Waals surface area contributed by atoms with Crippen LogP contribution in [0.3, 0.4) is 0 Å². The molecule has 3 aliphatic rings. The minimum Gasteiger partial charge on any atom is -0.343 e. The summed E-state index contributed by atoms with van der Waals surface area (Å²) >= 11 is 0. The first-order chi connectivity index (χ1) is 13.1. The van der Waals surface area contributed by atoms with Gasteiger partial charge in [0.05, 0.1) is 0 Å². The lowest BCUT2D eigenvalue weighted by Crippen LogP contribution is -2.53. The van der Waals surface area contributed by atoms with E-state index in [4.69, 9.17) is 0 Å². The molecule has 3 nitrogen and oxygen atoms in total. The lowest BCUT2D eigenvalue weighted by Gasteiger charge is -2.45. The molecule has 2 fully saturated rings. The van der Waals surface area contributed by atoms with Crippen LogP contribution in [0.15, 0.2) is 48.9 Å². The lowest BCUT2D eigenvalue weighted by molar-refractivity contribution is 0.112. The van der Waals surface area contributed by atoms with Crippen molar-refractivity contribution in [2.24, 2.45) is 5.92 Å². The SMILES string of the molecule is CC(=CN1c2ccc(C)cc2C2CN(C)C3CCCC3C21)c1ccncc1. The van der Waals surface area contributed by atoms with Gasteiger partial charge in [0.15, 0.2) is 0 Å². The number of pyridine rings is 1. The van der Waals surface area contributed by atoms with Gasteiger partial charge in [0, 0.05) is 48.8 Å². The Morgan fingerprint density at radius 3 is 2.78 bits per heavy atom. The van der Waals surface area contributed by atoms with Gasteiger partial charge in [-0.05, 0) is 74.6 Å². The predicted octanol–water partition coefficient (Wildman–Crippen LogP) is 4.84. The second-order valence-electron chi connectivity index (χ2n) is 8.72. The van der Waals surface area contributed by atoms with E-state index in [9.17, 15) is 0 Å². The van der Waals surface area contributed by atoms with Crippen molar-refractivity contribution < 1.29 is 0 Å². The molecule has 2 aliphatic heterocycles. The van der Waals surface area contributed by atoms with Crippen LogP contribution in [0.5, 0.6) is 0 Å². The summed E-state index contributed by atoms with van der Waals surface area (Å²) in [4.78, 5) is 9.45. The molecular formula is C24H29N3. The zero-order chi connectivity index (χ0) is 18.5. The van der Waals surface area contributed by atoms with E-state index in [0.29, 0.717) is 12.0 Å². The summed E-state index contributed by atoms with van der Waals surface area (Å²) in [5.74, 6) is 1.38. The fourth-order valence-corrected chi connectivity index (χ4v) is 5.87. The maximum Gasteiger partial charge on any atom is 0.0461 e. The molecule has 0 N–H and O–H groups in total. The highest BCUT2D eigenvalue weighted by molar-refractivity contribution is 5.72. The Hall–Kier alpha value is -2.13. The van der Waals surface area contributed by atoms with E-state index in [1.807, 2.05) is 12.4 Å². The number of hydrogen-bond acceptors (Lipinski definition) is 3. The Labute approximate surface area is 162 Å². The third kappa shape index (κ3) is 2.71. The summed E-state index contributed by atoms with van der Waals surface area (Å²) in [6.07, 6.45) is 10.3. The molecule has 1 aliphatic carbocycles. The van der Waals surface area contributed by atoms with Crippen molar-refractivity contribution in [2.45, 2.75) is 51.1 Å². The van der Waals surface area contributed by atoms with Crippen molar-refractivity contribution >= 4 is 11.3 Å². The van der Waals surface area contributed by atoms with Gasteiger partial charge in [-0.1, -0.05) is 24.1 Å². The zero-order valence-electron chi connectivity index (χ0n) is 16.6. The van der Waals surface area contributed by atoms with E-state index in [-0.39, 0.29) is 0 Å². The van der Waals surface area contributed by atoms with Gasteiger partial charge in [-0.3, -0.25) is 4.98 Å². The van der Waals surface area contributed by atoms with Gasteiger partial charge < -0.3 is 9.80 Å². The van der Waals surface area contributed by atoms with Crippen LogP contribution in [0.25, 0.3) is 5.57 Å². The number of allylic oxidation sites excluding steroid dienone is 1. The van der Waals surface area contributed by atoms with Gasteiger partial charge in [0.2, 0.25) is 0 Å². The summed E-state index contributed by atoms with van der Waals surface area (Å²) in [5.41, 5.74) is 6.93. The highest BCUT2D eigenvalue weighted by Gasteiger charge is 2.51. The van der Waals surface area contributed by atoms with Crippen LogP contribution >= 0.6 is 0 Å². The van der Waals surface area contributed by atoms with Gasteiger partial charge in [0.25, 0.3) is 0 Å². The van der Waals surface area contributed by atoms with Crippen LogP contribution in [0.1, 0.15) is 48.8 Å². The van der Waals surface area contributed by atoms with Crippen molar-refractivity contribution in [2.75, 3.05) is 18.5 Å². The number of likely N-dealkylation sites (tertiary alicyclic amines) is 1. The maximum absolute atomic E-state index is 4.18. The summed E-state index contributed by atoms with van der Waals surface area (Å²) in [7, 11) is 2.34. The fraction of sp³-hybridized carbons (Fsp3) is 0.458. The summed E-state index contributed by atoms with van der Waals surface area (Å²) < 4.78 is 0. The number of aryl methyl sites for hydroxylation is 1. The molecular weight excluding hydrogens is 330 g/mol. The van der Waals surface area contributed by atoms with Crippen molar-refractivity contribution in [3.05, 3.63) is 65.6 Å². The number of nitrogens with zero attached hydrogens (tertiary/aromatic N) is 3. The third-order valence-corrected chi connectivity index (χ3v) is 7.08. The Balaban J connectivity index is 1.61. The van der Waals surface area contributed by atoms with Crippen LogP contribution in [0.4, 0.5) is 5.69 Å². The van der Waals surface area contributed by atoms with Gasteiger partial charge in [-0.2, -0.15) is 0 Å². The molecule has 0 bridgehead atoms. The lowest BCUT2D eigenvalue weighted by atomic mass is 9.78. The molecule has 1 aromatic carbocycles. The smallest absolute Gasteiger partial charge is 0.0461 e. The first kappa shape index (κ1) is 17.0. The number of anilines is 1. The van der Waals surface area contributed by atoms with Crippen molar-refractivity contribution in [1.29, 1.82) is 0 Å². The molecule has 2 aromatic rings. The second-order valence-corrected chi connectivity index (χ2v) is 8.72. The van der Waals surface area contributed by atoms with E-state index in [0.717, 1.165) is 12.0 Å². The zero-order valence-corrected chi connectivity index (χ0v) is 16.6. The molecule has 0 radical (unpaired) electrons. The largest absolute Gasteiger partial charge is 0.343 e. The number of likely N-dealkylation sites (N-methyl/N-ethyl adjacent to an activating group) is 1. The van der Waals surface area contributed by atoms with E-state index in [1.165, 1.54) is 48.2 Å². The first-order valence-corrected chi connectivity index (χ1v) is 10.3. The summed E-state index contributed by atoms with van der Waals surface area (Å²) in [6.45, 7) is 5.64. The van der Waals surface area contributed by atoms with Crippen molar-refractivity contribution in [3.63, 3.8) is 0 Å². The Morgan fingerprint density at radius 2 is 1.96 bits per heavy atom. The predicted molar refractivity (Wildman–Crippen MR) is 112 cm³/mol. The molecule has 3 heteroatoms. The monoisotopic (exact) mass is 359 g/mol.